The van der Waals surface area contributed by atoms with E-state index >= 15 is 0 Å². The van der Waals surface area contributed by atoms with Crippen LogP contribution in [0.3, 0.4) is 0 Å². The summed E-state index contributed by atoms with van der Waals surface area (Å²) in [5.74, 6) is -3.96. The SMILES string of the molecule is Cl.N[C@H]1C[C@H](Oc2cc(F)c(F)c(F)c2)C1. The van der Waals surface area contributed by atoms with Gasteiger partial charge < -0.3 is 10.5 Å². The first-order valence-electron chi connectivity index (χ1n) is 4.63. The Hall–Kier alpha value is -0.940. The van der Waals surface area contributed by atoms with Crippen LogP contribution in [0.1, 0.15) is 12.8 Å². The van der Waals surface area contributed by atoms with Gasteiger partial charge in [0.25, 0.3) is 0 Å². The first-order valence-corrected chi connectivity index (χ1v) is 4.63. The summed E-state index contributed by atoms with van der Waals surface area (Å²) in [7, 11) is 0. The predicted molar refractivity (Wildman–Crippen MR) is 55.2 cm³/mol. The maximum Gasteiger partial charge on any atom is 0.194 e. The maximum atomic E-state index is 12.8. The fourth-order valence-corrected chi connectivity index (χ4v) is 1.50. The molecule has 90 valence electrons. The molecule has 0 heterocycles. The summed E-state index contributed by atoms with van der Waals surface area (Å²) in [5, 5.41) is 0. The molecule has 0 bridgehead atoms. The quantitative estimate of drug-likeness (QED) is 0.822. The number of rotatable bonds is 2. The molecule has 0 amide bonds. The van der Waals surface area contributed by atoms with E-state index in [0.29, 0.717) is 12.8 Å². The number of benzene rings is 1. The van der Waals surface area contributed by atoms with Gasteiger partial charge in [-0.05, 0) is 12.8 Å². The molecular formula is C10H11ClF3NO. The van der Waals surface area contributed by atoms with E-state index in [4.69, 9.17) is 10.5 Å². The Labute approximate surface area is 97.0 Å². The van der Waals surface area contributed by atoms with Crippen molar-refractivity contribution in [2.45, 2.75) is 25.0 Å². The Bertz CT molecular complexity index is 359. The van der Waals surface area contributed by atoms with Crippen molar-refractivity contribution in [1.82, 2.24) is 0 Å². The van der Waals surface area contributed by atoms with Crippen LogP contribution in [0, 0.1) is 17.5 Å². The molecule has 0 atom stereocenters. The van der Waals surface area contributed by atoms with E-state index in [1.54, 1.807) is 0 Å². The van der Waals surface area contributed by atoms with Crippen LogP contribution in [0.4, 0.5) is 13.2 Å². The second kappa shape index (κ2) is 4.93. The topological polar surface area (TPSA) is 35.2 Å². The highest BCUT2D eigenvalue weighted by Crippen LogP contribution is 2.26. The van der Waals surface area contributed by atoms with Crippen LogP contribution >= 0.6 is 12.4 Å². The van der Waals surface area contributed by atoms with Crippen molar-refractivity contribution in [2.75, 3.05) is 0 Å². The van der Waals surface area contributed by atoms with Gasteiger partial charge in [-0.2, -0.15) is 0 Å². The standard InChI is InChI=1S/C10H10F3NO.ClH/c11-8-3-7(4-9(12)10(8)13)15-6-1-5(14)2-6;/h3-6H,1-2,14H2;1H/t5-,6-;. The molecule has 1 saturated carbocycles. The van der Waals surface area contributed by atoms with E-state index in [2.05, 4.69) is 0 Å². The molecule has 1 aromatic carbocycles. The lowest BCUT2D eigenvalue weighted by Crippen LogP contribution is -2.43. The molecule has 0 spiro atoms. The Morgan fingerprint density at radius 2 is 1.62 bits per heavy atom. The molecule has 0 aromatic heterocycles. The minimum atomic E-state index is -1.48. The van der Waals surface area contributed by atoms with Crippen molar-refractivity contribution in [3.63, 3.8) is 0 Å². The van der Waals surface area contributed by atoms with E-state index < -0.39 is 17.5 Å². The van der Waals surface area contributed by atoms with E-state index in [1.165, 1.54) is 0 Å². The van der Waals surface area contributed by atoms with Gasteiger partial charge >= 0.3 is 0 Å². The molecule has 0 saturated heterocycles. The number of halogens is 4. The summed E-state index contributed by atoms with van der Waals surface area (Å²) in [6.07, 6.45) is 1.19. The van der Waals surface area contributed by atoms with Crippen molar-refractivity contribution in [3.8, 4) is 5.75 Å². The number of hydrogen-bond acceptors (Lipinski definition) is 2. The lowest BCUT2D eigenvalue weighted by Gasteiger charge is -2.32. The average Bonchev–Trinajstić information content (AvgIpc) is 2.11. The summed E-state index contributed by atoms with van der Waals surface area (Å²) in [5.41, 5.74) is 5.52. The van der Waals surface area contributed by atoms with E-state index in [-0.39, 0.29) is 30.3 Å². The highest BCUT2D eigenvalue weighted by molar-refractivity contribution is 5.85. The van der Waals surface area contributed by atoms with E-state index in [9.17, 15) is 13.2 Å². The second-order valence-electron chi connectivity index (χ2n) is 3.67. The molecule has 16 heavy (non-hydrogen) atoms. The molecule has 2 N–H and O–H groups in total. The lowest BCUT2D eigenvalue weighted by molar-refractivity contribution is 0.0998. The van der Waals surface area contributed by atoms with Crippen LogP contribution in [0.15, 0.2) is 12.1 Å². The highest BCUT2D eigenvalue weighted by atomic mass is 35.5. The normalized spacial score (nSPS) is 23.2. The minimum absolute atomic E-state index is 0. The number of nitrogens with two attached hydrogens (primary N) is 1. The third-order valence-corrected chi connectivity index (χ3v) is 2.39. The van der Waals surface area contributed by atoms with Crippen molar-refractivity contribution >= 4 is 12.4 Å². The van der Waals surface area contributed by atoms with Gasteiger partial charge in [0, 0.05) is 18.2 Å². The van der Waals surface area contributed by atoms with Crippen LogP contribution in [0.2, 0.25) is 0 Å². The van der Waals surface area contributed by atoms with Gasteiger partial charge in [-0.15, -0.1) is 12.4 Å². The van der Waals surface area contributed by atoms with Crippen LogP contribution < -0.4 is 10.5 Å². The fourth-order valence-electron chi connectivity index (χ4n) is 1.50. The van der Waals surface area contributed by atoms with Crippen LogP contribution in [-0.2, 0) is 0 Å². The van der Waals surface area contributed by atoms with Gasteiger partial charge in [-0.3, -0.25) is 0 Å². The monoisotopic (exact) mass is 253 g/mol. The zero-order chi connectivity index (χ0) is 11.0. The van der Waals surface area contributed by atoms with Gasteiger partial charge in [-0.25, -0.2) is 13.2 Å². The third-order valence-electron chi connectivity index (χ3n) is 2.39. The lowest BCUT2D eigenvalue weighted by atomic mass is 9.90. The number of hydrogen-bond donors (Lipinski definition) is 1. The molecule has 2 rings (SSSR count). The first kappa shape index (κ1) is 13.1. The van der Waals surface area contributed by atoms with E-state index in [1.807, 2.05) is 0 Å². The van der Waals surface area contributed by atoms with Crippen LogP contribution in [-0.4, -0.2) is 12.1 Å². The van der Waals surface area contributed by atoms with Crippen LogP contribution in [0.5, 0.6) is 5.75 Å². The molecule has 0 aliphatic heterocycles. The van der Waals surface area contributed by atoms with Crippen molar-refractivity contribution < 1.29 is 17.9 Å². The Balaban J connectivity index is 0.00000128. The molecule has 0 radical (unpaired) electrons. The molecule has 1 aromatic rings. The molecule has 1 aliphatic rings. The van der Waals surface area contributed by atoms with Gasteiger partial charge in [0.05, 0.1) is 0 Å². The smallest absolute Gasteiger partial charge is 0.194 e. The highest BCUT2D eigenvalue weighted by Gasteiger charge is 2.28. The van der Waals surface area contributed by atoms with Gasteiger partial charge in [0.2, 0.25) is 0 Å². The largest absolute Gasteiger partial charge is 0.490 e. The van der Waals surface area contributed by atoms with Crippen molar-refractivity contribution in [3.05, 3.63) is 29.6 Å². The minimum Gasteiger partial charge on any atom is -0.490 e. The first-order chi connectivity index (χ1) is 7.06. The molecule has 2 nitrogen and oxygen atoms in total. The van der Waals surface area contributed by atoms with Crippen LogP contribution in [0.25, 0.3) is 0 Å². The number of ether oxygens (including phenoxy) is 1. The molecule has 1 fully saturated rings. The van der Waals surface area contributed by atoms with Gasteiger partial charge in [0.15, 0.2) is 17.5 Å². The zero-order valence-corrected chi connectivity index (χ0v) is 9.07. The Kier molecular flexibility index (Phi) is 4.04. The zero-order valence-electron chi connectivity index (χ0n) is 8.25. The summed E-state index contributed by atoms with van der Waals surface area (Å²) in [6, 6.07) is 1.76. The Morgan fingerprint density at radius 3 is 2.06 bits per heavy atom. The molecule has 6 heteroatoms. The molecule has 1 aliphatic carbocycles. The summed E-state index contributed by atoms with van der Waals surface area (Å²) in [4.78, 5) is 0. The van der Waals surface area contributed by atoms with Crippen molar-refractivity contribution in [2.24, 2.45) is 5.73 Å². The third kappa shape index (κ3) is 2.59. The summed E-state index contributed by atoms with van der Waals surface area (Å²) < 4.78 is 43.3. The Morgan fingerprint density at radius 1 is 1.12 bits per heavy atom. The fraction of sp³-hybridized carbons (Fsp3) is 0.400. The maximum absolute atomic E-state index is 12.8. The predicted octanol–water partition coefficient (Wildman–Crippen LogP) is 2.39. The summed E-state index contributed by atoms with van der Waals surface area (Å²) >= 11 is 0. The van der Waals surface area contributed by atoms with Gasteiger partial charge in [-0.1, -0.05) is 0 Å². The average molecular weight is 254 g/mol. The van der Waals surface area contributed by atoms with Gasteiger partial charge in [0.1, 0.15) is 11.9 Å². The molecular weight excluding hydrogens is 243 g/mol. The van der Waals surface area contributed by atoms with E-state index in [0.717, 1.165) is 12.1 Å². The molecule has 0 unspecified atom stereocenters. The van der Waals surface area contributed by atoms with Crippen molar-refractivity contribution in [1.29, 1.82) is 0 Å². The second-order valence-corrected chi connectivity index (χ2v) is 3.67. The summed E-state index contributed by atoms with van der Waals surface area (Å²) in [6.45, 7) is 0.